The minimum absolute atomic E-state index is 0.254. The molecule has 0 aliphatic carbocycles. The summed E-state index contributed by atoms with van der Waals surface area (Å²) in [6, 6.07) is 3.12. The molecule has 0 saturated heterocycles. The first kappa shape index (κ1) is 11.4. The second-order valence-electron chi connectivity index (χ2n) is 3.95. The van der Waals surface area contributed by atoms with Gasteiger partial charge in [-0.25, -0.2) is 0 Å². The maximum Gasteiger partial charge on any atom is 0.416 e. The fraction of sp³-hybridized carbons (Fsp3) is 0.455. The maximum absolute atomic E-state index is 12.5. The van der Waals surface area contributed by atoms with Gasteiger partial charge in [0.1, 0.15) is 0 Å². The van der Waals surface area contributed by atoms with E-state index in [-0.39, 0.29) is 6.10 Å². The summed E-state index contributed by atoms with van der Waals surface area (Å²) in [5, 5.41) is 0. The molecule has 0 radical (unpaired) electrons. The van der Waals surface area contributed by atoms with Gasteiger partial charge >= 0.3 is 6.18 Å². The summed E-state index contributed by atoms with van der Waals surface area (Å²) < 4.78 is 42.9. The van der Waals surface area contributed by atoms with E-state index in [2.05, 4.69) is 0 Å². The topological polar surface area (TPSA) is 35.2 Å². The van der Waals surface area contributed by atoms with Crippen LogP contribution in [-0.4, -0.2) is 6.10 Å². The summed E-state index contributed by atoms with van der Waals surface area (Å²) in [5.74, 6) is 0. The lowest BCUT2D eigenvalue weighted by Crippen LogP contribution is -2.31. The van der Waals surface area contributed by atoms with E-state index in [4.69, 9.17) is 10.5 Å². The van der Waals surface area contributed by atoms with Crippen molar-refractivity contribution in [3.63, 3.8) is 0 Å². The molecule has 0 bridgehead atoms. The molecule has 0 aromatic heterocycles. The molecule has 0 amide bonds. The molecular weight excluding hydrogens is 219 g/mol. The largest absolute Gasteiger partial charge is 0.416 e. The summed E-state index contributed by atoms with van der Waals surface area (Å²) in [5.41, 5.74) is 6.42. The minimum Gasteiger partial charge on any atom is -0.372 e. The monoisotopic (exact) mass is 231 g/mol. The predicted octanol–water partition coefficient (Wildman–Crippen LogP) is 2.62. The van der Waals surface area contributed by atoms with Gasteiger partial charge in [-0.1, -0.05) is 6.07 Å². The Bertz CT molecular complexity index is 403. The lowest BCUT2D eigenvalue weighted by molar-refractivity contribution is -0.137. The third-order valence-electron chi connectivity index (χ3n) is 2.84. The van der Waals surface area contributed by atoms with Crippen molar-refractivity contribution >= 4 is 0 Å². The van der Waals surface area contributed by atoms with Crippen LogP contribution in [-0.2, 0) is 17.5 Å². The van der Waals surface area contributed by atoms with Crippen molar-refractivity contribution in [1.29, 1.82) is 0 Å². The highest BCUT2D eigenvalue weighted by Gasteiger charge is 2.33. The molecule has 2 atom stereocenters. The second-order valence-corrected chi connectivity index (χ2v) is 3.95. The van der Waals surface area contributed by atoms with Crippen LogP contribution in [0.1, 0.15) is 29.7 Å². The van der Waals surface area contributed by atoms with Gasteiger partial charge in [-0.05, 0) is 30.2 Å². The normalized spacial score (nSPS) is 25.3. The lowest BCUT2D eigenvalue weighted by Gasteiger charge is -2.29. The van der Waals surface area contributed by atoms with Crippen LogP contribution in [0.4, 0.5) is 13.2 Å². The van der Waals surface area contributed by atoms with Gasteiger partial charge in [0.25, 0.3) is 0 Å². The highest BCUT2D eigenvalue weighted by atomic mass is 19.4. The first-order valence-electron chi connectivity index (χ1n) is 4.97. The van der Waals surface area contributed by atoms with E-state index in [9.17, 15) is 13.2 Å². The zero-order valence-corrected chi connectivity index (χ0v) is 8.71. The van der Waals surface area contributed by atoms with E-state index < -0.39 is 17.8 Å². The molecule has 1 aliphatic rings. The third-order valence-corrected chi connectivity index (χ3v) is 2.84. The molecule has 2 nitrogen and oxygen atoms in total. The summed E-state index contributed by atoms with van der Waals surface area (Å²) >= 11 is 0. The van der Waals surface area contributed by atoms with Crippen LogP contribution in [0, 0.1) is 0 Å². The van der Waals surface area contributed by atoms with Crippen molar-refractivity contribution in [1.82, 2.24) is 0 Å². The molecule has 1 aromatic carbocycles. The van der Waals surface area contributed by atoms with E-state index in [0.717, 1.165) is 17.7 Å². The van der Waals surface area contributed by atoms with E-state index in [1.54, 1.807) is 6.92 Å². The third kappa shape index (κ3) is 1.92. The summed E-state index contributed by atoms with van der Waals surface area (Å²) in [4.78, 5) is 0. The van der Waals surface area contributed by atoms with Gasteiger partial charge < -0.3 is 10.5 Å². The summed E-state index contributed by atoms with van der Waals surface area (Å²) in [6.07, 6.45) is -4.58. The Morgan fingerprint density at radius 3 is 2.69 bits per heavy atom. The van der Waals surface area contributed by atoms with E-state index >= 15 is 0 Å². The molecule has 88 valence electrons. The van der Waals surface area contributed by atoms with Gasteiger partial charge in [0.2, 0.25) is 0 Å². The number of alkyl halides is 3. The molecule has 1 heterocycles. The van der Waals surface area contributed by atoms with Crippen LogP contribution < -0.4 is 5.73 Å². The van der Waals surface area contributed by atoms with Gasteiger partial charge in [-0.15, -0.1) is 0 Å². The summed E-state index contributed by atoms with van der Waals surface area (Å²) in [6.45, 7) is 2.08. The van der Waals surface area contributed by atoms with Crippen LogP contribution in [0.3, 0.4) is 0 Å². The Hall–Kier alpha value is -1.07. The molecule has 0 fully saturated rings. The summed E-state index contributed by atoms with van der Waals surface area (Å²) in [7, 11) is 0. The molecule has 2 N–H and O–H groups in total. The quantitative estimate of drug-likeness (QED) is 0.744. The molecule has 16 heavy (non-hydrogen) atoms. The lowest BCUT2D eigenvalue weighted by atomic mass is 9.93. The number of nitrogens with two attached hydrogens (primary N) is 1. The van der Waals surface area contributed by atoms with Crippen LogP contribution in [0.15, 0.2) is 18.2 Å². The molecule has 1 aliphatic heterocycles. The first-order chi connectivity index (χ1) is 7.39. The number of hydrogen-bond donors (Lipinski definition) is 1. The van der Waals surface area contributed by atoms with Crippen LogP contribution >= 0.6 is 0 Å². The fourth-order valence-electron chi connectivity index (χ4n) is 1.79. The number of halogens is 3. The number of ether oxygens (including phenoxy) is 1. The Morgan fingerprint density at radius 2 is 2.06 bits per heavy atom. The Labute approximate surface area is 91.2 Å². The number of hydrogen-bond acceptors (Lipinski definition) is 2. The van der Waals surface area contributed by atoms with Crippen molar-refractivity contribution in [3.8, 4) is 0 Å². The molecule has 2 rings (SSSR count). The number of rotatable bonds is 0. The van der Waals surface area contributed by atoms with Crippen LogP contribution in [0.5, 0.6) is 0 Å². The molecular formula is C11H12F3NO. The minimum atomic E-state index is -4.32. The molecule has 0 spiro atoms. The van der Waals surface area contributed by atoms with Crippen molar-refractivity contribution in [2.45, 2.75) is 31.9 Å². The smallest absolute Gasteiger partial charge is 0.372 e. The average Bonchev–Trinajstić information content (AvgIpc) is 2.22. The van der Waals surface area contributed by atoms with Crippen molar-refractivity contribution in [2.75, 3.05) is 0 Å². The number of fused-ring (bicyclic) bond motifs is 1. The van der Waals surface area contributed by atoms with E-state index in [0.29, 0.717) is 12.2 Å². The molecule has 0 saturated carbocycles. The highest BCUT2D eigenvalue weighted by molar-refractivity contribution is 5.36. The molecule has 5 heteroatoms. The highest BCUT2D eigenvalue weighted by Crippen LogP contribution is 2.34. The Balaban J connectivity index is 2.45. The Morgan fingerprint density at radius 1 is 1.38 bits per heavy atom. The predicted molar refractivity (Wildman–Crippen MR) is 52.6 cm³/mol. The SMILES string of the molecule is C[C@H]1OCc2ccc(C(F)(F)F)cc2[C@@H]1N. The van der Waals surface area contributed by atoms with E-state index in [1.807, 2.05) is 0 Å². The second kappa shape index (κ2) is 3.75. The van der Waals surface area contributed by atoms with Gasteiger partial charge in [0.05, 0.1) is 24.3 Å². The van der Waals surface area contributed by atoms with Crippen LogP contribution in [0.25, 0.3) is 0 Å². The number of benzene rings is 1. The first-order valence-corrected chi connectivity index (χ1v) is 4.97. The van der Waals surface area contributed by atoms with Crippen molar-refractivity contribution < 1.29 is 17.9 Å². The van der Waals surface area contributed by atoms with Gasteiger partial charge in [0, 0.05) is 0 Å². The maximum atomic E-state index is 12.5. The van der Waals surface area contributed by atoms with Gasteiger partial charge in [-0.3, -0.25) is 0 Å². The Kier molecular flexibility index (Phi) is 2.67. The van der Waals surface area contributed by atoms with Gasteiger partial charge in [0.15, 0.2) is 0 Å². The van der Waals surface area contributed by atoms with Crippen molar-refractivity contribution in [2.24, 2.45) is 5.73 Å². The molecule has 1 aromatic rings. The standard InChI is InChI=1S/C11H12F3NO/c1-6-10(15)9-4-8(11(12,13)14)3-2-7(9)5-16-6/h2-4,6,10H,5,15H2,1H3/t6-,10-/m1/s1. The van der Waals surface area contributed by atoms with E-state index in [1.165, 1.54) is 6.07 Å². The van der Waals surface area contributed by atoms with Gasteiger partial charge in [-0.2, -0.15) is 13.2 Å². The zero-order chi connectivity index (χ0) is 11.9. The van der Waals surface area contributed by atoms with Crippen LogP contribution in [0.2, 0.25) is 0 Å². The zero-order valence-electron chi connectivity index (χ0n) is 8.71. The average molecular weight is 231 g/mol. The fourth-order valence-corrected chi connectivity index (χ4v) is 1.79. The van der Waals surface area contributed by atoms with Crippen molar-refractivity contribution in [3.05, 3.63) is 34.9 Å². The molecule has 0 unspecified atom stereocenters.